The maximum atomic E-state index is 13.0. The molecule has 0 atom stereocenters. The van der Waals surface area contributed by atoms with Gasteiger partial charge in [0, 0.05) is 20.7 Å². The standard InChI is InChI=1S/C28H26O6S/c1-30-22-13-17(10-11-21(29)19-14-23(31-2)28(34-5)24(15-19)32-3)12-20(27(22)33-4)26-16-18-8-6-7-9-25(18)35-26/h6-16H,1-5H3/b11-10+. The van der Waals surface area contributed by atoms with Gasteiger partial charge < -0.3 is 23.7 Å². The molecule has 0 amide bonds. The Kier molecular flexibility index (Phi) is 7.27. The van der Waals surface area contributed by atoms with E-state index in [1.54, 1.807) is 43.8 Å². The van der Waals surface area contributed by atoms with Crippen molar-refractivity contribution in [3.63, 3.8) is 0 Å². The minimum absolute atomic E-state index is 0.206. The van der Waals surface area contributed by atoms with Gasteiger partial charge in [-0.2, -0.15) is 0 Å². The first-order valence-electron chi connectivity index (χ1n) is 10.8. The monoisotopic (exact) mass is 490 g/mol. The first-order chi connectivity index (χ1) is 17.0. The number of ketones is 1. The van der Waals surface area contributed by atoms with Gasteiger partial charge in [-0.3, -0.25) is 4.79 Å². The molecule has 0 unspecified atom stereocenters. The van der Waals surface area contributed by atoms with E-state index >= 15 is 0 Å². The van der Waals surface area contributed by atoms with Gasteiger partial charge in [0.15, 0.2) is 28.8 Å². The second-order valence-corrected chi connectivity index (χ2v) is 8.65. The Labute approximate surface area is 208 Å². The summed E-state index contributed by atoms with van der Waals surface area (Å²) in [6, 6.07) is 17.4. The fraction of sp³-hybridized carbons (Fsp3) is 0.179. The molecule has 0 aliphatic heterocycles. The summed E-state index contributed by atoms with van der Waals surface area (Å²) in [5.74, 6) is 2.30. The molecule has 6 nitrogen and oxygen atoms in total. The zero-order chi connectivity index (χ0) is 24.9. The summed E-state index contributed by atoms with van der Waals surface area (Å²) in [5.41, 5.74) is 2.12. The minimum atomic E-state index is -0.206. The van der Waals surface area contributed by atoms with Gasteiger partial charge in [0.1, 0.15) is 0 Å². The molecule has 7 heteroatoms. The van der Waals surface area contributed by atoms with Crippen molar-refractivity contribution in [2.45, 2.75) is 0 Å². The van der Waals surface area contributed by atoms with Crippen molar-refractivity contribution in [2.75, 3.05) is 35.5 Å². The molecule has 180 valence electrons. The van der Waals surface area contributed by atoms with E-state index in [-0.39, 0.29) is 5.78 Å². The van der Waals surface area contributed by atoms with Gasteiger partial charge in [0.05, 0.1) is 35.5 Å². The Morgan fingerprint density at radius 2 is 1.37 bits per heavy atom. The highest BCUT2D eigenvalue weighted by Crippen LogP contribution is 2.44. The van der Waals surface area contributed by atoms with Crippen molar-refractivity contribution >= 4 is 33.3 Å². The lowest BCUT2D eigenvalue weighted by atomic mass is 10.0. The van der Waals surface area contributed by atoms with E-state index in [2.05, 4.69) is 18.2 Å². The zero-order valence-electron chi connectivity index (χ0n) is 20.2. The highest BCUT2D eigenvalue weighted by Gasteiger charge is 2.18. The van der Waals surface area contributed by atoms with Crippen molar-refractivity contribution in [1.29, 1.82) is 0 Å². The number of benzene rings is 3. The molecule has 0 spiro atoms. The molecular weight excluding hydrogens is 464 g/mol. The third-order valence-corrected chi connectivity index (χ3v) is 6.72. The third-order valence-electron chi connectivity index (χ3n) is 5.57. The number of ether oxygens (including phenoxy) is 5. The van der Waals surface area contributed by atoms with E-state index in [0.29, 0.717) is 34.3 Å². The Hall–Kier alpha value is -3.97. The summed E-state index contributed by atoms with van der Waals surface area (Å²) in [6.45, 7) is 0. The highest BCUT2D eigenvalue weighted by molar-refractivity contribution is 7.22. The summed E-state index contributed by atoms with van der Waals surface area (Å²) in [7, 11) is 7.77. The molecule has 0 radical (unpaired) electrons. The number of fused-ring (bicyclic) bond motifs is 1. The number of hydrogen-bond acceptors (Lipinski definition) is 7. The van der Waals surface area contributed by atoms with Gasteiger partial charge in [-0.15, -0.1) is 11.3 Å². The van der Waals surface area contributed by atoms with E-state index in [1.807, 2.05) is 24.3 Å². The fourth-order valence-corrected chi connectivity index (χ4v) is 4.95. The fourth-order valence-electron chi connectivity index (χ4n) is 3.87. The van der Waals surface area contributed by atoms with Crippen molar-refractivity contribution < 1.29 is 28.5 Å². The zero-order valence-corrected chi connectivity index (χ0v) is 21.0. The molecule has 1 aromatic heterocycles. The van der Waals surface area contributed by atoms with E-state index in [9.17, 15) is 4.79 Å². The predicted molar refractivity (Wildman–Crippen MR) is 140 cm³/mol. The molecule has 1 heterocycles. The summed E-state index contributed by atoms with van der Waals surface area (Å²) in [6.07, 6.45) is 3.26. The highest BCUT2D eigenvalue weighted by atomic mass is 32.1. The molecule has 0 bridgehead atoms. The molecule has 0 aliphatic carbocycles. The van der Waals surface area contributed by atoms with E-state index < -0.39 is 0 Å². The van der Waals surface area contributed by atoms with Crippen LogP contribution in [0.2, 0.25) is 0 Å². The normalized spacial score (nSPS) is 11.0. The van der Waals surface area contributed by atoms with Crippen LogP contribution in [-0.4, -0.2) is 41.3 Å². The predicted octanol–water partition coefficient (Wildman–Crippen LogP) is 6.51. The molecule has 0 saturated carbocycles. The minimum Gasteiger partial charge on any atom is -0.493 e. The number of carbonyl (C=O) groups is 1. The maximum Gasteiger partial charge on any atom is 0.203 e. The molecule has 3 aromatic carbocycles. The lowest BCUT2D eigenvalue weighted by Crippen LogP contribution is -2.00. The van der Waals surface area contributed by atoms with Crippen LogP contribution in [0.3, 0.4) is 0 Å². The summed E-state index contributed by atoms with van der Waals surface area (Å²) in [5, 5.41) is 1.16. The Morgan fingerprint density at radius 1 is 0.743 bits per heavy atom. The smallest absolute Gasteiger partial charge is 0.203 e. The van der Waals surface area contributed by atoms with Gasteiger partial charge in [0.25, 0.3) is 0 Å². The van der Waals surface area contributed by atoms with Crippen molar-refractivity contribution in [3.05, 3.63) is 71.8 Å². The average Bonchev–Trinajstić information content (AvgIpc) is 3.34. The number of carbonyl (C=O) groups excluding carboxylic acids is 1. The van der Waals surface area contributed by atoms with Gasteiger partial charge in [-0.1, -0.05) is 24.3 Å². The van der Waals surface area contributed by atoms with Crippen LogP contribution in [0.5, 0.6) is 28.7 Å². The quantitative estimate of drug-likeness (QED) is 0.197. The van der Waals surface area contributed by atoms with Crippen LogP contribution >= 0.6 is 11.3 Å². The van der Waals surface area contributed by atoms with Gasteiger partial charge in [0.2, 0.25) is 5.75 Å². The largest absolute Gasteiger partial charge is 0.493 e. The summed E-state index contributed by atoms with van der Waals surface area (Å²) >= 11 is 1.67. The van der Waals surface area contributed by atoms with Crippen molar-refractivity contribution in [1.82, 2.24) is 0 Å². The third kappa shape index (κ3) is 4.81. The number of rotatable bonds is 9. The molecule has 4 rings (SSSR count). The molecule has 0 saturated heterocycles. The first kappa shape index (κ1) is 24.2. The van der Waals surface area contributed by atoms with Crippen LogP contribution in [0.15, 0.2) is 60.7 Å². The number of hydrogen-bond donors (Lipinski definition) is 0. The lowest BCUT2D eigenvalue weighted by Gasteiger charge is -2.14. The van der Waals surface area contributed by atoms with Crippen molar-refractivity contribution in [3.8, 4) is 39.2 Å². The summed E-state index contributed by atoms with van der Waals surface area (Å²) in [4.78, 5) is 14.1. The second kappa shape index (κ2) is 10.5. The van der Waals surface area contributed by atoms with E-state index in [4.69, 9.17) is 23.7 Å². The van der Waals surface area contributed by atoms with Gasteiger partial charge in [-0.25, -0.2) is 0 Å². The Morgan fingerprint density at radius 3 is 1.97 bits per heavy atom. The number of methoxy groups -OCH3 is 5. The molecule has 0 fully saturated rings. The topological polar surface area (TPSA) is 63.2 Å². The maximum absolute atomic E-state index is 13.0. The average molecular weight is 491 g/mol. The van der Waals surface area contributed by atoms with Crippen LogP contribution in [0.25, 0.3) is 26.6 Å². The molecular formula is C28H26O6S. The van der Waals surface area contributed by atoms with Gasteiger partial charge >= 0.3 is 0 Å². The Bertz CT molecular complexity index is 1340. The lowest BCUT2D eigenvalue weighted by molar-refractivity contribution is 0.104. The number of thiophene rings is 1. The molecule has 0 N–H and O–H groups in total. The second-order valence-electron chi connectivity index (χ2n) is 7.56. The van der Waals surface area contributed by atoms with Gasteiger partial charge in [-0.05, 0) is 53.4 Å². The van der Waals surface area contributed by atoms with Crippen LogP contribution in [0, 0.1) is 0 Å². The van der Waals surface area contributed by atoms with Crippen LogP contribution < -0.4 is 23.7 Å². The number of allylic oxidation sites excluding steroid dienone is 1. The van der Waals surface area contributed by atoms with E-state index in [1.165, 1.54) is 32.1 Å². The molecule has 35 heavy (non-hydrogen) atoms. The molecule has 0 aliphatic rings. The Balaban J connectivity index is 1.73. The molecule has 4 aromatic rings. The first-order valence-corrected chi connectivity index (χ1v) is 11.6. The summed E-state index contributed by atoms with van der Waals surface area (Å²) < 4.78 is 28.6. The van der Waals surface area contributed by atoms with E-state index in [0.717, 1.165) is 21.4 Å². The van der Waals surface area contributed by atoms with Crippen LogP contribution in [0.4, 0.5) is 0 Å². The van der Waals surface area contributed by atoms with Crippen molar-refractivity contribution in [2.24, 2.45) is 0 Å². The van der Waals surface area contributed by atoms with Crippen LogP contribution in [0.1, 0.15) is 15.9 Å². The van der Waals surface area contributed by atoms with Crippen LogP contribution in [-0.2, 0) is 0 Å². The SMILES string of the molecule is COc1cc(C(=O)/C=C/c2cc(OC)c(OC)c(-c3cc4ccccc4s3)c2)cc(OC)c1OC.